The van der Waals surface area contributed by atoms with Crippen LogP contribution in [-0.2, 0) is 16.0 Å². The third kappa shape index (κ3) is 2.58. The van der Waals surface area contributed by atoms with Crippen molar-refractivity contribution in [2.45, 2.75) is 25.9 Å². The Morgan fingerprint density at radius 1 is 1.42 bits per heavy atom. The van der Waals surface area contributed by atoms with Gasteiger partial charge in [-0.25, -0.2) is 0 Å². The number of carbonyl (C=O) groups excluding carboxylic acids is 1. The van der Waals surface area contributed by atoms with Crippen LogP contribution < -0.4 is 5.32 Å². The lowest BCUT2D eigenvalue weighted by molar-refractivity contribution is -0.127. The second-order valence-corrected chi connectivity index (χ2v) is 5.69. The summed E-state index contributed by atoms with van der Waals surface area (Å²) in [4.78, 5) is 12.3. The maximum absolute atomic E-state index is 12.3. The smallest absolute Gasteiger partial charge is 0.139 e. The van der Waals surface area contributed by atoms with Crippen LogP contribution in [0.1, 0.15) is 30.6 Å². The predicted octanol–water partition coefficient (Wildman–Crippen LogP) is 2.12. The molecular weight excluding hydrogens is 238 g/mol. The molecule has 2 heterocycles. The van der Waals surface area contributed by atoms with Gasteiger partial charge < -0.3 is 10.1 Å². The fourth-order valence-electron chi connectivity index (χ4n) is 2.94. The highest BCUT2D eigenvalue weighted by atomic mass is 16.5. The Morgan fingerprint density at radius 3 is 2.95 bits per heavy atom. The van der Waals surface area contributed by atoms with Gasteiger partial charge in [-0.15, -0.1) is 0 Å². The fourth-order valence-corrected chi connectivity index (χ4v) is 2.94. The van der Waals surface area contributed by atoms with Crippen LogP contribution >= 0.6 is 0 Å². The Labute approximate surface area is 114 Å². The SMILES string of the molecule is CC(C(=O)CC1OCCc2ccccc21)C1CNC1. The van der Waals surface area contributed by atoms with Crippen molar-refractivity contribution in [2.24, 2.45) is 11.8 Å². The van der Waals surface area contributed by atoms with Crippen LogP contribution in [0.5, 0.6) is 0 Å². The Morgan fingerprint density at radius 2 is 2.21 bits per heavy atom. The average Bonchev–Trinajstić information content (AvgIpc) is 2.37. The predicted molar refractivity (Wildman–Crippen MR) is 74.0 cm³/mol. The minimum absolute atomic E-state index is 0.0343. The third-order valence-corrected chi connectivity index (χ3v) is 4.51. The lowest BCUT2D eigenvalue weighted by Crippen LogP contribution is -2.47. The van der Waals surface area contributed by atoms with Crippen LogP contribution in [-0.4, -0.2) is 25.5 Å². The largest absolute Gasteiger partial charge is 0.373 e. The molecule has 0 saturated carbocycles. The minimum atomic E-state index is -0.0343. The standard InChI is InChI=1S/C16H21NO2/c1-11(13-9-17-10-13)15(18)8-16-14-5-3-2-4-12(14)6-7-19-16/h2-5,11,13,16-17H,6-10H2,1H3. The van der Waals surface area contributed by atoms with Crippen molar-refractivity contribution in [2.75, 3.05) is 19.7 Å². The molecule has 1 saturated heterocycles. The van der Waals surface area contributed by atoms with Gasteiger partial charge in [-0.3, -0.25) is 4.79 Å². The zero-order chi connectivity index (χ0) is 13.2. The molecule has 0 bridgehead atoms. The first-order chi connectivity index (χ1) is 9.25. The van der Waals surface area contributed by atoms with Gasteiger partial charge in [-0.1, -0.05) is 31.2 Å². The molecule has 2 aliphatic rings. The molecule has 102 valence electrons. The molecule has 2 aliphatic heterocycles. The molecule has 3 heteroatoms. The summed E-state index contributed by atoms with van der Waals surface area (Å²) in [5.74, 6) is 1.01. The summed E-state index contributed by atoms with van der Waals surface area (Å²) in [6, 6.07) is 8.34. The molecule has 1 aromatic carbocycles. The van der Waals surface area contributed by atoms with Gasteiger partial charge >= 0.3 is 0 Å². The van der Waals surface area contributed by atoms with Crippen LogP contribution in [0, 0.1) is 11.8 Å². The van der Waals surface area contributed by atoms with Crippen LogP contribution in [0.15, 0.2) is 24.3 Å². The Kier molecular flexibility index (Phi) is 3.67. The zero-order valence-electron chi connectivity index (χ0n) is 11.4. The molecule has 19 heavy (non-hydrogen) atoms. The van der Waals surface area contributed by atoms with Gasteiger partial charge in [0.2, 0.25) is 0 Å². The molecule has 3 rings (SSSR count). The van der Waals surface area contributed by atoms with Crippen molar-refractivity contribution in [1.29, 1.82) is 0 Å². The highest BCUT2D eigenvalue weighted by Crippen LogP contribution is 2.31. The first-order valence-corrected chi connectivity index (χ1v) is 7.18. The highest BCUT2D eigenvalue weighted by molar-refractivity contribution is 5.81. The van der Waals surface area contributed by atoms with Crippen molar-refractivity contribution in [3.63, 3.8) is 0 Å². The molecule has 1 aromatic rings. The number of hydrogen-bond donors (Lipinski definition) is 1. The van der Waals surface area contributed by atoms with E-state index in [1.165, 1.54) is 11.1 Å². The molecule has 0 amide bonds. The summed E-state index contributed by atoms with van der Waals surface area (Å²) >= 11 is 0. The van der Waals surface area contributed by atoms with Crippen molar-refractivity contribution < 1.29 is 9.53 Å². The van der Waals surface area contributed by atoms with Gasteiger partial charge in [-0.2, -0.15) is 0 Å². The highest BCUT2D eigenvalue weighted by Gasteiger charge is 2.31. The van der Waals surface area contributed by atoms with Crippen molar-refractivity contribution in [3.05, 3.63) is 35.4 Å². The van der Waals surface area contributed by atoms with Gasteiger partial charge in [0.1, 0.15) is 5.78 Å². The van der Waals surface area contributed by atoms with Crippen LogP contribution in [0.25, 0.3) is 0 Å². The molecule has 3 nitrogen and oxygen atoms in total. The summed E-state index contributed by atoms with van der Waals surface area (Å²) in [6.07, 6.45) is 1.45. The minimum Gasteiger partial charge on any atom is -0.373 e. The van der Waals surface area contributed by atoms with E-state index in [0.29, 0.717) is 18.1 Å². The summed E-state index contributed by atoms with van der Waals surface area (Å²) in [7, 11) is 0. The summed E-state index contributed by atoms with van der Waals surface area (Å²) in [5, 5.41) is 3.23. The molecule has 2 atom stereocenters. The van der Waals surface area contributed by atoms with Gasteiger partial charge in [-0.05, 0) is 36.6 Å². The van der Waals surface area contributed by atoms with Gasteiger partial charge in [0.05, 0.1) is 12.7 Å². The maximum Gasteiger partial charge on any atom is 0.139 e. The number of rotatable bonds is 4. The average molecular weight is 259 g/mol. The molecule has 0 spiro atoms. The number of ketones is 1. The number of ether oxygens (including phenoxy) is 1. The van der Waals surface area contributed by atoms with Crippen molar-refractivity contribution >= 4 is 5.78 Å². The fraction of sp³-hybridized carbons (Fsp3) is 0.562. The first-order valence-electron chi connectivity index (χ1n) is 7.18. The summed E-state index contributed by atoms with van der Waals surface area (Å²) in [6.45, 7) is 4.75. The summed E-state index contributed by atoms with van der Waals surface area (Å²) < 4.78 is 5.82. The van der Waals surface area contributed by atoms with E-state index in [2.05, 4.69) is 30.4 Å². The molecule has 2 unspecified atom stereocenters. The third-order valence-electron chi connectivity index (χ3n) is 4.51. The van der Waals surface area contributed by atoms with Gasteiger partial charge in [0, 0.05) is 12.3 Å². The summed E-state index contributed by atoms with van der Waals surface area (Å²) in [5.41, 5.74) is 2.55. The van der Waals surface area contributed by atoms with E-state index in [1.807, 2.05) is 6.07 Å². The second-order valence-electron chi connectivity index (χ2n) is 5.69. The zero-order valence-corrected chi connectivity index (χ0v) is 11.4. The Balaban J connectivity index is 1.68. The Hall–Kier alpha value is -1.19. The van der Waals surface area contributed by atoms with E-state index >= 15 is 0 Å². The monoisotopic (exact) mass is 259 g/mol. The number of hydrogen-bond acceptors (Lipinski definition) is 3. The number of benzene rings is 1. The molecule has 0 aliphatic carbocycles. The van der Waals surface area contributed by atoms with E-state index in [4.69, 9.17) is 4.74 Å². The number of fused-ring (bicyclic) bond motifs is 1. The van der Waals surface area contributed by atoms with E-state index in [0.717, 1.165) is 26.1 Å². The molecule has 0 aromatic heterocycles. The topological polar surface area (TPSA) is 38.3 Å². The quantitative estimate of drug-likeness (QED) is 0.900. The maximum atomic E-state index is 12.3. The lowest BCUT2D eigenvalue weighted by Gasteiger charge is -2.33. The molecular formula is C16H21NO2. The molecule has 0 radical (unpaired) electrons. The molecule has 1 N–H and O–H groups in total. The van der Waals surface area contributed by atoms with Crippen LogP contribution in [0.2, 0.25) is 0 Å². The van der Waals surface area contributed by atoms with Crippen LogP contribution in [0.4, 0.5) is 0 Å². The first kappa shape index (κ1) is 12.8. The number of nitrogens with one attached hydrogen (secondary N) is 1. The van der Waals surface area contributed by atoms with Gasteiger partial charge in [0.15, 0.2) is 0 Å². The van der Waals surface area contributed by atoms with E-state index in [1.54, 1.807) is 0 Å². The normalized spacial score (nSPS) is 24.4. The van der Waals surface area contributed by atoms with E-state index < -0.39 is 0 Å². The molecule has 1 fully saturated rings. The van der Waals surface area contributed by atoms with Gasteiger partial charge in [0.25, 0.3) is 0 Å². The second kappa shape index (κ2) is 5.43. The van der Waals surface area contributed by atoms with Crippen molar-refractivity contribution in [1.82, 2.24) is 5.32 Å². The Bertz CT molecular complexity index is 468. The number of Topliss-reactive ketones (excluding diaryl/α,β-unsaturated/α-hetero) is 1. The van der Waals surface area contributed by atoms with Crippen LogP contribution in [0.3, 0.4) is 0 Å². The lowest BCUT2D eigenvalue weighted by atomic mass is 9.83. The van der Waals surface area contributed by atoms with E-state index in [9.17, 15) is 4.79 Å². The van der Waals surface area contributed by atoms with Crippen molar-refractivity contribution in [3.8, 4) is 0 Å². The number of carbonyl (C=O) groups is 1. The van der Waals surface area contributed by atoms with E-state index in [-0.39, 0.29) is 12.0 Å².